The fourth-order valence-corrected chi connectivity index (χ4v) is 1.13. The number of nitrogens with zero attached hydrogens (tertiary/aromatic N) is 2. The Morgan fingerprint density at radius 1 is 1.35 bits per heavy atom. The molecule has 7 heteroatoms. The predicted octanol–water partition coefficient (Wildman–Crippen LogP) is 0.286. The van der Waals surface area contributed by atoms with Crippen molar-refractivity contribution in [1.29, 1.82) is 0 Å². The summed E-state index contributed by atoms with van der Waals surface area (Å²) in [6.45, 7) is 5.82. The molecule has 3 N–H and O–H groups in total. The highest BCUT2D eigenvalue weighted by molar-refractivity contribution is 5.80. The summed E-state index contributed by atoms with van der Waals surface area (Å²) in [7, 11) is 1.80. The second kappa shape index (κ2) is 6.19. The van der Waals surface area contributed by atoms with Crippen LogP contribution < -0.4 is 16.0 Å². The van der Waals surface area contributed by atoms with Gasteiger partial charge in [0.05, 0.1) is 12.6 Å². The van der Waals surface area contributed by atoms with Gasteiger partial charge in [0.2, 0.25) is 11.8 Å². The van der Waals surface area contributed by atoms with Crippen LogP contribution in [0, 0.1) is 0 Å². The zero-order valence-corrected chi connectivity index (χ0v) is 10.6. The van der Waals surface area contributed by atoms with Crippen LogP contribution >= 0.6 is 0 Å². The maximum Gasteiger partial charge on any atom is 0.315 e. The van der Waals surface area contributed by atoms with Gasteiger partial charge in [0.25, 0.3) is 0 Å². The van der Waals surface area contributed by atoms with E-state index in [1.54, 1.807) is 7.05 Å². The van der Waals surface area contributed by atoms with Crippen molar-refractivity contribution in [2.24, 2.45) is 0 Å². The van der Waals surface area contributed by atoms with Crippen LogP contribution in [-0.4, -0.2) is 35.7 Å². The summed E-state index contributed by atoms with van der Waals surface area (Å²) in [5, 5.41) is 16.1. The first-order valence-corrected chi connectivity index (χ1v) is 5.56. The standard InChI is InChI=1S/C10H19N5O2/c1-6(2)13-8(16)5-12-10-15-14-9(17-10)7(3)11-4/h6-7,11H,5H2,1-4H3,(H,12,15)(H,13,16). The number of hydrogen-bond acceptors (Lipinski definition) is 6. The fourth-order valence-electron chi connectivity index (χ4n) is 1.13. The van der Waals surface area contributed by atoms with Crippen molar-refractivity contribution >= 4 is 11.9 Å². The molecule has 1 unspecified atom stereocenters. The van der Waals surface area contributed by atoms with Crippen LogP contribution in [0.15, 0.2) is 4.42 Å². The van der Waals surface area contributed by atoms with Crippen molar-refractivity contribution in [3.8, 4) is 0 Å². The first-order chi connectivity index (χ1) is 8.02. The molecule has 0 bridgehead atoms. The molecular weight excluding hydrogens is 222 g/mol. The highest BCUT2D eigenvalue weighted by atomic mass is 16.4. The van der Waals surface area contributed by atoms with Crippen LogP contribution in [-0.2, 0) is 4.79 Å². The molecule has 0 aromatic carbocycles. The van der Waals surface area contributed by atoms with Gasteiger partial charge in [0.15, 0.2) is 0 Å². The van der Waals surface area contributed by atoms with Gasteiger partial charge in [-0.1, -0.05) is 5.10 Å². The molecule has 0 aliphatic heterocycles. The Balaban J connectivity index is 2.42. The Morgan fingerprint density at radius 3 is 2.65 bits per heavy atom. The number of anilines is 1. The van der Waals surface area contributed by atoms with Gasteiger partial charge < -0.3 is 20.4 Å². The summed E-state index contributed by atoms with van der Waals surface area (Å²) in [6.07, 6.45) is 0. The Labute approximate surface area is 100 Å². The topological polar surface area (TPSA) is 92.1 Å². The van der Waals surface area contributed by atoms with Gasteiger partial charge in [-0.2, -0.15) is 0 Å². The van der Waals surface area contributed by atoms with Crippen LogP contribution in [0.4, 0.5) is 6.01 Å². The third-order valence-corrected chi connectivity index (χ3v) is 2.09. The van der Waals surface area contributed by atoms with E-state index in [0.717, 1.165) is 0 Å². The number of carbonyl (C=O) groups is 1. The lowest BCUT2D eigenvalue weighted by atomic mass is 10.3. The Morgan fingerprint density at radius 2 is 2.06 bits per heavy atom. The molecule has 1 heterocycles. The summed E-state index contributed by atoms with van der Waals surface area (Å²) in [5.41, 5.74) is 0. The molecule has 0 saturated heterocycles. The lowest BCUT2D eigenvalue weighted by Gasteiger charge is -2.07. The smallest absolute Gasteiger partial charge is 0.315 e. The molecule has 7 nitrogen and oxygen atoms in total. The van der Waals surface area contributed by atoms with Crippen LogP contribution in [0.3, 0.4) is 0 Å². The van der Waals surface area contributed by atoms with Crippen molar-refractivity contribution in [3.63, 3.8) is 0 Å². The molecule has 1 aromatic heterocycles. The summed E-state index contributed by atoms with van der Waals surface area (Å²) in [6, 6.07) is 0.357. The lowest BCUT2D eigenvalue weighted by molar-refractivity contribution is -0.119. The Kier molecular flexibility index (Phi) is 4.89. The van der Waals surface area contributed by atoms with Crippen molar-refractivity contribution in [2.75, 3.05) is 18.9 Å². The van der Waals surface area contributed by atoms with Crippen molar-refractivity contribution in [1.82, 2.24) is 20.8 Å². The van der Waals surface area contributed by atoms with Crippen molar-refractivity contribution in [3.05, 3.63) is 5.89 Å². The van der Waals surface area contributed by atoms with Gasteiger partial charge in [0, 0.05) is 6.04 Å². The number of hydrogen-bond donors (Lipinski definition) is 3. The van der Waals surface area contributed by atoms with Crippen LogP contribution in [0.5, 0.6) is 0 Å². The number of aromatic nitrogens is 2. The molecule has 0 radical (unpaired) electrons. The van der Waals surface area contributed by atoms with Crippen molar-refractivity contribution < 1.29 is 9.21 Å². The molecule has 1 rings (SSSR count). The van der Waals surface area contributed by atoms with E-state index in [4.69, 9.17) is 4.42 Å². The Hall–Kier alpha value is -1.63. The normalized spacial score (nSPS) is 12.5. The molecule has 96 valence electrons. The average molecular weight is 241 g/mol. The highest BCUT2D eigenvalue weighted by Gasteiger charge is 2.12. The summed E-state index contributed by atoms with van der Waals surface area (Å²) in [4.78, 5) is 11.3. The molecular formula is C10H19N5O2. The lowest BCUT2D eigenvalue weighted by Crippen LogP contribution is -2.34. The van der Waals surface area contributed by atoms with Crippen molar-refractivity contribution in [2.45, 2.75) is 32.9 Å². The Bertz CT molecular complexity index is 363. The van der Waals surface area contributed by atoms with E-state index >= 15 is 0 Å². The molecule has 0 aliphatic rings. The predicted molar refractivity (Wildman–Crippen MR) is 63.5 cm³/mol. The van der Waals surface area contributed by atoms with Gasteiger partial charge in [0.1, 0.15) is 0 Å². The molecule has 1 amide bonds. The number of amides is 1. The molecule has 0 saturated carbocycles. The SMILES string of the molecule is CNC(C)c1nnc(NCC(=O)NC(C)C)o1. The van der Waals surface area contributed by atoms with E-state index in [2.05, 4.69) is 26.1 Å². The zero-order chi connectivity index (χ0) is 12.8. The number of carbonyl (C=O) groups excluding carboxylic acids is 1. The largest absolute Gasteiger partial charge is 0.406 e. The number of nitrogens with one attached hydrogen (secondary N) is 3. The molecule has 1 aromatic rings. The van der Waals surface area contributed by atoms with E-state index in [9.17, 15) is 4.79 Å². The maximum atomic E-state index is 11.3. The first-order valence-electron chi connectivity index (χ1n) is 5.56. The van der Waals surface area contributed by atoms with Gasteiger partial charge in [-0.15, -0.1) is 5.10 Å². The minimum atomic E-state index is -0.110. The number of rotatable bonds is 6. The second-order valence-electron chi connectivity index (χ2n) is 4.03. The summed E-state index contributed by atoms with van der Waals surface area (Å²) in [5.74, 6) is 0.376. The van der Waals surface area contributed by atoms with E-state index < -0.39 is 0 Å². The quantitative estimate of drug-likeness (QED) is 0.663. The van der Waals surface area contributed by atoms with E-state index in [-0.39, 0.29) is 30.6 Å². The van der Waals surface area contributed by atoms with E-state index in [1.165, 1.54) is 0 Å². The third-order valence-electron chi connectivity index (χ3n) is 2.09. The first kappa shape index (κ1) is 13.4. The summed E-state index contributed by atoms with van der Waals surface area (Å²) >= 11 is 0. The van der Waals surface area contributed by atoms with Crippen LogP contribution in [0.1, 0.15) is 32.7 Å². The molecule has 0 spiro atoms. The van der Waals surface area contributed by atoms with Crippen LogP contribution in [0.2, 0.25) is 0 Å². The monoisotopic (exact) mass is 241 g/mol. The van der Waals surface area contributed by atoms with Gasteiger partial charge in [-0.3, -0.25) is 4.79 Å². The molecule has 0 fully saturated rings. The minimum absolute atomic E-state index is 0.0115. The average Bonchev–Trinajstić information content (AvgIpc) is 2.73. The fraction of sp³-hybridized carbons (Fsp3) is 0.700. The molecule has 1 atom stereocenters. The minimum Gasteiger partial charge on any atom is -0.406 e. The van der Waals surface area contributed by atoms with Crippen LogP contribution in [0.25, 0.3) is 0 Å². The van der Waals surface area contributed by atoms with Gasteiger partial charge in [-0.05, 0) is 27.8 Å². The third kappa shape index (κ3) is 4.39. The zero-order valence-electron chi connectivity index (χ0n) is 10.6. The van der Waals surface area contributed by atoms with Gasteiger partial charge in [-0.25, -0.2) is 0 Å². The van der Waals surface area contributed by atoms with E-state index in [1.807, 2.05) is 20.8 Å². The molecule has 17 heavy (non-hydrogen) atoms. The maximum absolute atomic E-state index is 11.3. The van der Waals surface area contributed by atoms with E-state index in [0.29, 0.717) is 5.89 Å². The highest BCUT2D eigenvalue weighted by Crippen LogP contribution is 2.12. The molecule has 0 aliphatic carbocycles. The second-order valence-corrected chi connectivity index (χ2v) is 4.03. The van der Waals surface area contributed by atoms with Gasteiger partial charge >= 0.3 is 6.01 Å². The summed E-state index contributed by atoms with van der Waals surface area (Å²) < 4.78 is 5.32.